The van der Waals surface area contributed by atoms with Crippen LogP contribution in [-0.2, 0) is 23.4 Å². The predicted molar refractivity (Wildman–Crippen MR) is 160 cm³/mol. The molecule has 0 bridgehead atoms. The third kappa shape index (κ3) is 7.11. The minimum Gasteiger partial charge on any atom is -0.481 e. The molecule has 4 aromatic rings. The van der Waals surface area contributed by atoms with Crippen LogP contribution in [0.1, 0.15) is 62.9 Å². The second-order valence-electron chi connectivity index (χ2n) is 11.5. The number of aryl methyl sites for hydroxylation is 1. The minimum atomic E-state index is -5.16. The van der Waals surface area contributed by atoms with E-state index < -0.39 is 70.4 Å². The SMILES string of the molecule is COc1ncc(-c2ccc(C(=O)O)cc2C)cc1-c1ccc(C(F)(F)F)cc1[C@@H](O)C1=NO[C@@H](c2cc(C(F)(F)F)cc(C(F)(F)F)c2)[C@H]1C. The molecule has 2 heterocycles. The largest absolute Gasteiger partial charge is 0.481 e. The lowest BCUT2D eigenvalue weighted by Crippen LogP contribution is -2.22. The Kier molecular flexibility index (Phi) is 9.38. The number of carbonyl (C=O) groups is 1. The number of carboxylic acid groups (broad SMARTS) is 1. The number of aliphatic hydroxyl groups is 1. The Hall–Kier alpha value is -5.12. The zero-order valence-electron chi connectivity index (χ0n) is 26.0. The molecule has 3 aromatic carbocycles. The zero-order chi connectivity index (χ0) is 36.9. The highest BCUT2D eigenvalue weighted by Crippen LogP contribution is 2.45. The third-order valence-electron chi connectivity index (χ3n) is 8.20. The molecule has 1 aromatic heterocycles. The van der Waals surface area contributed by atoms with Crippen molar-refractivity contribution in [2.45, 2.75) is 44.6 Å². The number of halogens is 9. The summed E-state index contributed by atoms with van der Waals surface area (Å²) in [4.78, 5) is 20.9. The van der Waals surface area contributed by atoms with Gasteiger partial charge in [-0.05, 0) is 83.3 Å². The van der Waals surface area contributed by atoms with Crippen molar-refractivity contribution >= 4 is 11.7 Å². The molecule has 0 unspecified atom stereocenters. The summed E-state index contributed by atoms with van der Waals surface area (Å²) in [7, 11) is 1.24. The van der Waals surface area contributed by atoms with Crippen LogP contribution in [0.5, 0.6) is 5.88 Å². The second kappa shape index (κ2) is 13.0. The van der Waals surface area contributed by atoms with Gasteiger partial charge in [0, 0.05) is 23.2 Å². The van der Waals surface area contributed by atoms with E-state index in [2.05, 4.69) is 10.1 Å². The normalized spacial score (nSPS) is 17.3. The fourth-order valence-corrected chi connectivity index (χ4v) is 5.68. The van der Waals surface area contributed by atoms with Gasteiger partial charge in [0.15, 0.2) is 6.10 Å². The number of oxime groups is 1. The summed E-state index contributed by atoms with van der Waals surface area (Å²) in [5.74, 6) is -2.47. The molecule has 2 N–H and O–H groups in total. The molecule has 0 fully saturated rings. The van der Waals surface area contributed by atoms with Crippen molar-refractivity contribution < 1.29 is 64.1 Å². The number of aliphatic hydroxyl groups excluding tert-OH is 1. The van der Waals surface area contributed by atoms with Gasteiger partial charge in [0.05, 0.1) is 35.1 Å². The molecule has 0 radical (unpaired) electrons. The van der Waals surface area contributed by atoms with Crippen molar-refractivity contribution in [3.8, 4) is 28.1 Å². The van der Waals surface area contributed by atoms with Crippen molar-refractivity contribution in [2.75, 3.05) is 7.11 Å². The summed E-state index contributed by atoms with van der Waals surface area (Å²) in [5.41, 5.74) is -4.25. The molecule has 0 saturated carbocycles. The number of pyridine rings is 1. The monoisotopic (exact) mass is 712 g/mol. The van der Waals surface area contributed by atoms with E-state index >= 15 is 0 Å². The van der Waals surface area contributed by atoms with E-state index in [1.807, 2.05) is 0 Å². The lowest BCUT2D eigenvalue weighted by Gasteiger charge is -2.22. The molecule has 0 aliphatic carbocycles. The molecule has 0 spiro atoms. The van der Waals surface area contributed by atoms with Crippen LogP contribution < -0.4 is 4.74 Å². The molecule has 3 atom stereocenters. The van der Waals surface area contributed by atoms with E-state index in [1.54, 1.807) is 6.92 Å². The molecular formula is C34H25F9N2O5. The molecule has 16 heteroatoms. The fraction of sp³-hybridized carbons (Fsp3) is 0.265. The van der Waals surface area contributed by atoms with Gasteiger partial charge in [0.25, 0.3) is 0 Å². The van der Waals surface area contributed by atoms with Gasteiger partial charge in [-0.3, -0.25) is 0 Å². The number of rotatable bonds is 7. The summed E-state index contributed by atoms with van der Waals surface area (Å²) in [6.07, 6.45) is -17.4. The van der Waals surface area contributed by atoms with Crippen molar-refractivity contribution in [3.63, 3.8) is 0 Å². The van der Waals surface area contributed by atoms with Crippen LogP contribution in [-0.4, -0.2) is 34.0 Å². The van der Waals surface area contributed by atoms with E-state index in [1.165, 1.54) is 44.5 Å². The summed E-state index contributed by atoms with van der Waals surface area (Å²) in [6.45, 7) is 2.92. The number of ether oxygens (including phenoxy) is 1. The van der Waals surface area contributed by atoms with Gasteiger partial charge in [-0.15, -0.1) is 0 Å². The summed E-state index contributed by atoms with van der Waals surface area (Å²) < 4.78 is 128. The first-order chi connectivity index (χ1) is 23.2. The van der Waals surface area contributed by atoms with E-state index in [0.29, 0.717) is 34.9 Å². The van der Waals surface area contributed by atoms with Crippen LogP contribution in [0.2, 0.25) is 0 Å². The average Bonchev–Trinajstić information content (AvgIpc) is 3.43. The summed E-state index contributed by atoms with van der Waals surface area (Å²) in [6, 6.07) is 9.02. The predicted octanol–water partition coefficient (Wildman–Crippen LogP) is 9.28. The number of hydrogen-bond acceptors (Lipinski definition) is 6. The molecule has 50 heavy (non-hydrogen) atoms. The smallest absolute Gasteiger partial charge is 0.416 e. The maximum Gasteiger partial charge on any atom is 0.416 e. The maximum absolute atomic E-state index is 13.9. The standard InChI is InChI=1S/C34H25F9N2O5/c1-15-8-17(31(47)48)4-6-23(15)19-11-26(30(49-3)44-14-19)24-7-5-20(32(35,36)37)13-25(24)28(46)27-16(2)29(50-45-27)18-9-21(33(38,39)40)12-22(10-18)34(41,42)43/h4-14,16,28-29,46H,1-3H3,(H,47,48)/t16-,28+,29+/m0/s1. The van der Waals surface area contributed by atoms with E-state index in [9.17, 15) is 54.5 Å². The van der Waals surface area contributed by atoms with E-state index in [4.69, 9.17) is 9.57 Å². The number of hydrogen-bond donors (Lipinski definition) is 2. The number of benzene rings is 3. The highest BCUT2D eigenvalue weighted by Gasteiger charge is 2.42. The second-order valence-corrected chi connectivity index (χ2v) is 11.5. The van der Waals surface area contributed by atoms with Gasteiger partial charge in [-0.2, -0.15) is 39.5 Å². The van der Waals surface area contributed by atoms with Gasteiger partial charge >= 0.3 is 24.5 Å². The number of nitrogens with zero attached hydrogens (tertiary/aromatic N) is 2. The number of carboxylic acids is 1. The van der Waals surface area contributed by atoms with Crippen LogP contribution in [0.15, 0.2) is 72.0 Å². The first-order valence-electron chi connectivity index (χ1n) is 14.5. The van der Waals surface area contributed by atoms with Crippen LogP contribution in [0, 0.1) is 12.8 Å². The van der Waals surface area contributed by atoms with Gasteiger partial charge in [-0.1, -0.05) is 24.2 Å². The van der Waals surface area contributed by atoms with Crippen molar-refractivity contribution in [2.24, 2.45) is 11.1 Å². The van der Waals surface area contributed by atoms with Crippen molar-refractivity contribution in [3.05, 3.63) is 106 Å². The van der Waals surface area contributed by atoms with Gasteiger partial charge in [0.2, 0.25) is 5.88 Å². The van der Waals surface area contributed by atoms with Crippen molar-refractivity contribution in [1.29, 1.82) is 0 Å². The average molecular weight is 713 g/mol. The van der Waals surface area contributed by atoms with Crippen LogP contribution >= 0.6 is 0 Å². The molecule has 7 nitrogen and oxygen atoms in total. The number of aromatic nitrogens is 1. The minimum absolute atomic E-state index is 0.00726. The topological polar surface area (TPSA) is 101 Å². The summed E-state index contributed by atoms with van der Waals surface area (Å²) >= 11 is 0. The molecule has 0 saturated heterocycles. The Morgan fingerprint density at radius 2 is 1.42 bits per heavy atom. The van der Waals surface area contributed by atoms with Crippen LogP contribution in [0.3, 0.4) is 0 Å². The quantitative estimate of drug-likeness (QED) is 0.185. The van der Waals surface area contributed by atoms with E-state index in [0.717, 1.165) is 12.1 Å². The Balaban J connectivity index is 1.61. The number of aromatic carboxylic acids is 1. The van der Waals surface area contributed by atoms with Gasteiger partial charge in [0.1, 0.15) is 6.10 Å². The molecule has 5 rings (SSSR count). The Bertz CT molecular complexity index is 1960. The Morgan fingerprint density at radius 3 is 1.96 bits per heavy atom. The molecule has 1 aliphatic heterocycles. The first kappa shape index (κ1) is 36.2. The third-order valence-corrected chi connectivity index (χ3v) is 8.20. The fourth-order valence-electron chi connectivity index (χ4n) is 5.68. The molecule has 264 valence electrons. The van der Waals surface area contributed by atoms with Crippen molar-refractivity contribution in [1.82, 2.24) is 4.98 Å². The highest BCUT2D eigenvalue weighted by molar-refractivity contribution is 5.95. The molecule has 0 amide bonds. The van der Waals surface area contributed by atoms with Gasteiger partial charge < -0.3 is 19.8 Å². The highest BCUT2D eigenvalue weighted by atomic mass is 19.4. The number of alkyl halides is 9. The Morgan fingerprint density at radius 1 is 0.820 bits per heavy atom. The molecule has 1 aliphatic rings. The summed E-state index contributed by atoms with van der Waals surface area (Å²) in [5, 5.41) is 24.6. The maximum atomic E-state index is 13.9. The van der Waals surface area contributed by atoms with Crippen LogP contribution in [0.4, 0.5) is 39.5 Å². The zero-order valence-corrected chi connectivity index (χ0v) is 26.0. The lowest BCUT2D eigenvalue weighted by molar-refractivity contribution is -0.143. The lowest BCUT2D eigenvalue weighted by atomic mass is 9.85. The van der Waals surface area contributed by atoms with Gasteiger partial charge in [-0.25, -0.2) is 9.78 Å². The first-order valence-corrected chi connectivity index (χ1v) is 14.5. The molecular weight excluding hydrogens is 687 g/mol. The Labute approximate surface area is 277 Å². The van der Waals surface area contributed by atoms with Crippen LogP contribution in [0.25, 0.3) is 22.3 Å². The number of methoxy groups -OCH3 is 1. The van der Waals surface area contributed by atoms with E-state index in [-0.39, 0.29) is 34.3 Å².